The molecular weight excluding hydrogens is 314 g/mol. The van der Waals surface area contributed by atoms with Gasteiger partial charge in [0.25, 0.3) is 5.91 Å². The van der Waals surface area contributed by atoms with Gasteiger partial charge in [-0.15, -0.1) is 0 Å². The fourth-order valence-electron chi connectivity index (χ4n) is 2.26. The molecule has 118 valence electrons. The Morgan fingerprint density at radius 1 is 1.22 bits per heavy atom. The number of H-pyrrole nitrogens is 1. The van der Waals surface area contributed by atoms with Crippen LogP contribution < -0.4 is 4.74 Å². The van der Waals surface area contributed by atoms with Gasteiger partial charge in [-0.3, -0.25) is 9.89 Å². The predicted molar refractivity (Wildman–Crippen MR) is 90.0 cm³/mol. The number of nitrogens with zero attached hydrogens (tertiary/aromatic N) is 2. The lowest BCUT2D eigenvalue weighted by Crippen LogP contribution is -2.31. The maximum absolute atomic E-state index is 12.5. The second-order valence-electron chi connectivity index (χ2n) is 5.12. The molecule has 0 bridgehead atoms. The summed E-state index contributed by atoms with van der Waals surface area (Å²) in [6, 6.07) is 14.8. The molecule has 6 heteroatoms. The zero-order valence-electron chi connectivity index (χ0n) is 12.6. The number of halogens is 1. The van der Waals surface area contributed by atoms with E-state index in [9.17, 15) is 4.79 Å². The molecule has 1 aromatic heterocycles. The van der Waals surface area contributed by atoms with Gasteiger partial charge >= 0.3 is 0 Å². The Morgan fingerprint density at radius 3 is 2.78 bits per heavy atom. The predicted octanol–water partition coefficient (Wildman–Crippen LogP) is 3.37. The minimum atomic E-state index is -0.148. The molecule has 0 radical (unpaired) electrons. The highest BCUT2D eigenvalue weighted by atomic mass is 35.5. The van der Waals surface area contributed by atoms with Gasteiger partial charge in [0.2, 0.25) is 0 Å². The van der Waals surface area contributed by atoms with Gasteiger partial charge in [0, 0.05) is 12.4 Å². The molecule has 0 spiro atoms. The third-order valence-corrected chi connectivity index (χ3v) is 3.85. The van der Waals surface area contributed by atoms with Crippen molar-refractivity contribution >= 4 is 28.4 Å². The first-order chi connectivity index (χ1) is 11.2. The summed E-state index contributed by atoms with van der Waals surface area (Å²) in [5.74, 6) is 0.463. The van der Waals surface area contributed by atoms with E-state index >= 15 is 0 Å². The number of nitrogens with one attached hydrogen (secondary N) is 1. The van der Waals surface area contributed by atoms with Crippen molar-refractivity contribution in [1.82, 2.24) is 15.1 Å². The standard InChI is InChI=1S/C17H16ClN3O2/c1-21(10-11-23-15-9-5-3-7-13(15)18)17(22)16-12-6-2-4-8-14(12)19-20-16/h2-9H,10-11H2,1H3,(H,19,20). The quantitative estimate of drug-likeness (QED) is 0.780. The first-order valence-electron chi connectivity index (χ1n) is 7.22. The van der Waals surface area contributed by atoms with Crippen molar-refractivity contribution in [3.8, 4) is 5.75 Å². The number of rotatable bonds is 5. The molecule has 0 saturated heterocycles. The van der Waals surface area contributed by atoms with Crippen LogP contribution in [0.4, 0.5) is 0 Å². The highest BCUT2D eigenvalue weighted by Crippen LogP contribution is 2.23. The average Bonchev–Trinajstić information content (AvgIpc) is 3.00. The van der Waals surface area contributed by atoms with Gasteiger partial charge in [-0.25, -0.2) is 0 Å². The Kier molecular flexibility index (Phi) is 4.48. The summed E-state index contributed by atoms with van der Waals surface area (Å²) in [5, 5.41) is 8.36. The second-order valence-corrected chi connectivity index (χ2v) is 5.53. The molecular formula is C17H16ClN3O2. The third kappa shape index (κ3) is 3.29. The van der Waals surface area contributed by atoms with Crippen molar-refractivity contribution in [2.24, 2.45) is 0 Å². The number of likely N-dealkylation sites (N-methyl/N-ethyl adjacent to an activating group) is 1. The van der Waals surface area contributed by atoms with Crippen LogP contribution in [0.1, 0.15) is 10.5 Å². The minimum absolute atomic E-state index is 0.148. The van der Waals surface area contributed by atoms with Crippen LogP contribution in [0.15, 0.2) is 48.5 Å². The number of benzene rings is 2. The first-order valence-corrected chi connectivity index (χ1v) is 7.60. The number of para-hydroxylation sites is 2. The van der Waals surface area contributed by atoms with Gasteiger partial charge in [-0.2, -0.15) is 5.10 Å². The molecule has 0 aliphatic heterocycles. The van der Waals surface area contributed by atoms with E-state index in [1.807, 2.05) is 36.4 Å². The second kappa shape index (κ2) is 6.71. The first kappa shape index (κ1) is 15.4. The number of carbonyl (C=O) groups is 1. The molecule has 23 heavy (non-hydrogen) atoms. The number of fused-ring (bicyclic) bond motifs is 1. The Morgan fingerprint density at radius 2 is 1.96 bits per heavy atom. The van der Waals surface area contributed by atoms with Gasteiger partial charge in [-0.05, 0) is 18.2 Å². The fraction of sp³-hybridized carbons (Fsp3) is 0.176. The molecule has 0 aliphatic carbocycles. The number of aromatic nitrogens is 2. The molecule has 0 unspecified atom stereocenters. The van der Waals surface area contributed by atoms with Gasteiger partial charge in [0.1, 0.15) is 12.4 Å². The van der Waals surface area contributed by atoms with Crippen LogP contribution in [0.2, 0.25) is 5.02 Å². The van der Waals surface area contributed by atoms with Crippen LogP contribution in [0, 0.1) is 0 Å². The fourth-order valence-corrected chi connectivity index (χ4v) is 2.45. The Bertz CT molecular complexity index is 831. The third-order valence-electron chi connectivity index (χ3n) is 3.54. The molecule has 0 fully saturated rings. The van der Waals surface area contributed by atoms with Gasteiger partial charge in [-0.1, -0.05) is 41.9 Å². The van der Waals surface area contributed by atoms with Crippen LogP contribution in [-0.2, 0) is 0 Å². The number of amides is 1. The number of hydrogen-bond donors (Lipinski definition) is 1. The molecule has 0 atom stereocenters. The number of aromatic amines is 1. The Labute approximate surface area is 138 Å². The Hall–Kier alpha value is -2.53. The lowest BCUT2D eigenvalue weighted by Gasteiger charge is -2.16. The smallest absolute Gasteiger partial charge is 0.274 e. The van der Waals surface area contributed by atoms with E-state index in [2.05, 4.69) is 10.2 Å². The molecule has 3 rings (SSSR count). The van der Waals surface area contributed by atoms with E-state index in [1.165, 1.54) is 0 Å². The molecule has 0 aliphatic rings. The summed E-state index contributed by atoms with van der Waals surface area (Å²) >= 11 is 6.03. The van der Waals surface area contributed by atoms with E-state index in [0.29, 0.717) is 29.6 Å². The van der Waals surface area contributed by atoms with Crippen molar-refractivity contribution in [2.45, 2.75) is 0 Å². The van der Waals surface area contributed by atoms with Crippen molar-refractivity contribution < 1.29 is 9.53 Å². The lowest BCUT2D eigenvalue weighted by atomic mass is 10.2. The van der Waals surface area contributed by atoms with Crippen LogP contribution >= 0.6 is 11.6 Å². The average molecular weight is 330 g/mol. The van der Waals surface area contributed by atoms with E-state index in [1.54, 1.807) is 24.1 Å². The van der Waals surface area contributed by atoms with E-state index in [0.717, 1.165) is 10.9 Å². The van der Waals surface area contributed by atoms with Crippen LogP contribution in [0.25, 0.3) is 10.9 Å². The monoisotopic (exact) mass is 329 g/mol. The summed E-state index contributed by atoms with van der Waals surface area (Å²) in [7, 11) is 1.72. The zero-order valence-corrected chi connectivity index (χ0v) is 13.4. The Balaban J connectivity index is 1.63. The van der Waals surface area contributed by atoms with Crippen LogP contribution in [0.3, 0.4) is 0 Å². The molecule has 1 amide bonds. The summed E-state index contributed by atoms with van der Waals surface area (Å²) in [5.41, 5.74) is 1.26. The molecule has 1 heterocycles. The summed E-state index contributed by atoms with van der Waals surface area (Å²) < 4.78 is 5.61. The van der Waals surface area contributed by atoms with E-state index < -0.39 is 0 Å². The van der Waals surface area contributed by atoms with E-state index in [4.69, 9.17) is 16.3 Å². The van der Waals surface area contributed by atoms with Crippen molar-refractivity contribution in [3.05, 3.63) is 59.2 Å². The molecule has 3 aromatic rings. The van der Waals surface area contributed by atoms with Gasteiger partial charge in [0.05, 0.1) is 17.1 Å². The molecule has 2 aromatic carbocycles. The van der Waals surface area contributed by atoms with E-state index in [-0.39, 0.29) is 5.91 Å². The topological polar surface area (TPSA) is 58.2 Å². The largest absolute Gasteiger partial charge is 0.490 e. The number of hydrogen-bond acceptors (Lipinski definition) is 3. The maximum atomic E-state index is 12.5. The molecule has 5 nitrogen and oxygen atoms in total. The highest BCUT2D eigenvalue weighted by molar-refractivity contribution is 6.32. The highest BCUT2D eigenvalue weighted by Gasteiger charge is 2.17. The summed E-state index contributed by atoms with van der Waals surface area (Å²) in [4.78, 5) is 14.1. The SMILES string of the molecule is CN(CCOc1ccccc1Cl)C(=O)c1n[nH]c2ccccc12. The maximum Gasteiger partial charge on any atom is 0.274 e. The van der Waals surface area contributed by atoms with Crippen LogP contribution in [0.5, 0.6) is 5.75 Å². The zero-order chi connectivity index (χ0) is 16.2. The normalized spacial score (nSPS) is 10.7. The molecule has 0 saturated carbocycles. The number of carbonyl (C=O) groups excluding carboxylic acids is 1. The van der Waals surface area contributed by atoms with Crippen LogP contribution in [-0.4, -0.2) is 41.2 Å². The van der Waals surface area contributed by atoms with Gasteiger partial charge < -0.3 is 9.64 Å². The van der Waals surface area contributed by atoms with Crippen molar-refractivity contribution in [1.29, 1.82) is 0 Å². The van der Waals surface area contributed by atoms with Crippen molar-refractivity contribution in [3.63, 3.8) is 0 Å². The summed E-state index contributed by atoms with van der Waals surface area (Å²) in [6.45, 7) is 0.791. The van der Waals surface area contributed by atoms with Gasteiger partial charge in [0.15, 0.2) is 5.69 Å². The number of ether oxygens (including phenoxy) is 1. The van der Waals surface area contributed by atoms with Crippen molar-refractivity contribution in [2.75, 3.05) is 20.2 Å². The lowest BCUT2D eigenvalue weighted by molar-refractivity contribution is 0.0770. The minimum Gasteiger partial charge on any atom is -0.490 e. The summed E-state index contributed by atoms with van der Waals surface area (Å²) in [6.07, 6.45) is 0. The molecule has 1 N–H and O–H groups in total.